The highest BCUT2D eigenvalue weighted by molar-refractivity contribution is 7.98. The van der Waals surface area contributed by atoms with E-state index in [0.717, 1.165) is 36.9 Å². The molecule has 0 aliphatic heterocycles. The summed E-state index contributed by atoms with van der Waals surface area (Å²) in [5, 5.41) is 0.638. The third kappa shape index (κ3) is 2.03. The van der Waals surface area contributed by atoms with E-state index in [1.165, 1.54) is 11.8 Å². The molecule has 0 saturated heterocycles. The maximum Gasteiger partial charge on any atom is 0.284 e. The van der Waals surface area contributed by atoms with Crippen molar-refractivity contribution in [3.05, 3.63) is 17.0 Å². The van der Waals surface area contributed by atoms with Gasteiger partial charge in [-0.15, -0.1) is 0 Å². The van der Waals surface area contributed by atoms with Crippen LogP contribution in [0.4, 0.5) is 0 Å². The fourth-order valence-corrected chi connectivity index (χ4v) is 2.30. The van der Waals surface area contributed by atoms with Gasteiger partial charge in [0.25, 0.3) is 5.91 Å². The Labute approximate surface area is 98.2 Å². The third-order valence-corrected chi connectivity index (χ3v) is 3.24. The van der Waals surface area contributed by atoms with E-state index in [1.807, 2.05) is 6.26 Å². The van der Waals surface area contributed by atoms with E-state index in [1.54, 1.807) is 0 Å². The standard InChI is InChI=1S/C10H14N4OS/c1-16-10-12-7-5-3-2-4-6(7)8(13-10)9(15)14-11/h2-5,11H2,1H3,(H,14,15). The number of carbonyl (C=O) groups excluding carboxylic acids is 1. The number of aromatic nitrogens is 2. The number of nitrogens with zero attached hydrogens (tertiary/aromatic N) is 2. The monoisotopic (exact) mass is 238 g/mol. The van der Waals surface area contributed by atoms with Gasteiger partial charge in [-0.25, -0.2) is 15.8 Å². The van der Waals surface area contributed by atoms with E-state index in [9.17, 15) is 4.79 Å². The number of nitrogens with one attached hydrogen (secondary N) is 1. The highest BCUT2D eigenvalue weighted by atomic mass is 32.2. The van der Waals surface area contributed by atoms with Crippen molar-refractivity contribution >= 4 is 17.7 Å². The molecule has 0 bridgehead atoms. The predicted octanol–water partition coefficient (Wildman–Crippen LogP) is 0.681. The lowest BCUT2D eigenvalue weighted by molar-refractivity contribution is 0.0946. The molecule has 0 spiro atoms. The zero-order valence-corrected chi connectivity index (χ0v) is 9.93. The van der Waals surface area contributed by atoms with Gasteiger partial charge in [-0.3, -0.25) is 10.2 Å². The van der Waals surface area contributed by atoms with Crippen molar-refractivity contribution in [2.75, 3.05) is 6.26 Å². The molecule has 0 fully saturated rings. The second-order valence-electron chi connectivity index (χ2n) is 3.66. The summed E-state index contributed by atoms with van der Waals surface area (Å²) in [6.07, 6.45) is 5.90. The molecule has 1 aliphatic carbocycles. The number of amides is 1. The number of fused-ring (bicyclic) bond motifs is 1. The Morgan fingerprint density at radius 1 is 1.38 bits per heavy atom. The van der Waals surface area contributed by atoms with Crippen molar-refractivity contribution in [3.8, 4) is 0 Å². The first-order chi connectivity index (χ1) is 7.76. The van der Waals surface area contributed by atoms with Gasteiger partial charge in [0.1, 0.15) is 5.69 Å². The van der Waals surface area contributed by atoms with Gasteiger partial charge >= 0.3 is 0 Å². The molecular weight excluding hydrogens is 224 g/mol. The van der Waals surface area contributed by atoms with Gasteiger partial charge in [0, 0.05) is 11.3 Å². The first-order valence-corrected chi connectivity index (χ1v) is 6.43. The number of nitrogen functional groups attached to an aromatic ring is 1. The Bertz CT molecular complexity index is 422. The van der Waals surface area contributed by atoms with Crippen molar-refractivity contribution in [1.29, 1.82) is 0 Å². The number of rotatable bonds is 2. The molecule has 86 valence electrons. The quantitative estimate of drug-likeness (QED) is 0.260. The van der Waals surface area contributed by atoms with Crippen LogP contribution in [0.1, 0.15) is 34.6 Å². The number of thioether (sulfide) groups is 1. The second-order valence-corrected chi connectivity index (χ2v) is 4.44. The molecule has 1 aliphatic rings. The lowest BCUT2D eigenvalue weighted by Gasteiger charge is -2.17. The average molecular weight is 238 g/mol. The molecule has 0 aromatic carbocycles. The molecular formula is C10H14N4OS. The molecule has 5 nitrogen and oxygen atoms in total. The highest BCUT2D eigenvalue weighted by Crippen LogP contribution is 2.24. The normalized spacial score (nSPS) is 14.4. The van der Waals surface area contributed by atoms with Crippen LogP contribution >= 0.6 is 11.8 Å². The number of aryl methyl sites for hydroxylation is 1. The first kappa shape index (κ1) is 11.3. The van der Waals surface area contributed by atoms with Crippen LogP contribution in [-0.2, 0) is 12.8 Å². The molecule has 1 amide bonds. The first-order valence-electron chi connectivity index (χ1n) is 5.21. The van der Waals surface area contributed by atoms with Gasteiger partial charge in [-0.2, -0.15) is 0 Å². The molecule has 2 rings (SSSR count). The minimum Gasteiger partial charge on any atom is -0.289 e. The maximum atomic E-state index is 11.6. The Hall–Kier alpha value is -1.14. The molecule has 0 atom stereocenters. The zero-order valence-electron chi connectivity index (χ0n) is 9.12. The summed E-state index contributed by atoms with van der Waals surface area (Å²) in [6, 6.07) is 0. The molecule has 0 saturated carbocycles. The third-order valence-electron chi connectivity index (χ3n) is 2.69. The van der Waals surface area contributed by atoms with Crippen molar-refractivity contribution in [3.63, 3.8) is 0 Å². The van der Waals surface area contributed by atoms with Crippen molar-refractivity contribution in [1.82, 2.24) is 15.4 Å². The summed E-state index contributed by atoms with van der Waals surface area (Å²) in [6.45, 7) is 0. The summed E-state index contributed by atoms with van der Waals surface area (Å²) in [7, 11) is 0. The van der Waals surface area contributed by atoms with Crippen LogP contribution in [0.2, 0.25) is 0 Å². The fourth-order valence-electron chi connectivity index (χ4n) is 1.92. The summed E-state index contributed by atoms with van der Waals surface area (Å²) >= 11 is 1.44. The van der Waals surface area contributed by atoms with Crippen molar-refractivity contribution < 1.29 is 4.79 Å². The lowest BCUT2D eigenvalue weighted by Crippen LogP contribution is -2.32. The number of carbonyl (C=O) groups is 1. The van der Waals surface area contributed by atoms with Gasteiger partial charge in [0.05, 0.1) is 0 Å². The van der Waals surface area contributed by atoms with Gasteiger partial charge in [-0.05, 0) is 31.9 Å². The molecule has 1 aromatic heterocycles. The topological polar surface area (TPSA) is 80.9 Å². The molecule has 0 unspecified atom stereocenters. The largest absolute Gasteiger partial charge is 0.289 e. The summed E-state index contributed by atoms with van der Waals surface area (Å²) in [5.74, 6) is 4.84. The minimum atomic E-state index is -0.323. The van der Waals surface area contributed by atoms with Crippen LogP contribution in [0.25, 0.3) is 0 Å². The molecule has 6 heteroatoms. The van der Waals surface area contributed by atoms with E-state index in [4.69, 9.17) is 5.84 Å². The predicted molar refractivity (Wildman–Crippen MR) is 62.1 cm³/mol. The van der Waals surface area contributed by atoms with Gasteiger partial charge in [0.2, 0.25) is 0 Å². The Morgan fingerprint density at radius 3 is 2.81 bits per heavy atom. The van der Waals surface area contributed by atoms with Gasteiger partial charge < -0.3 is 0 Å². The Morgan fingerprint density at radius 2 is 2.12 bits per heavy atom. The Kier molecular flexibility index (Phi) is 3.40. The van der Waals surface area contributed by atoms with E-state index in [2.05, 4.69) is 15.4 Å². The summed E-state index contributed by atoms with van der Waals surface area (Å²) < 4.78 is 0. The summed E-state index contributed by atoms with van der Waals surface area (Å²) in [5.41, 5.74) is 4.55. The van der Waals surface area contributed by atoms with Crippen molar-refractivity contribution in [2.24, 2.45) is 5.84 Å². The lowest BCUT2D eigenvalue weighted by atomic mass is 9.94. The van der Waals surface area contributed by atoms with E-state index >= 15 is 0 Å². The van der Waals surface area contributed by atoms with Crippen LogP contribution in [0, 0.1) is 0 Å². The van der Waals surface area contributed by atoms with Gasteiger partial charge in [0.15, 0.2) is 5.16 Å². The molecule has 1 heterocycles. The zero-order chi connectivity index (χ0) is 11.5. The molecule has 0 radical (unpaired) electrons. The second kappa shape index (κ2) is 4.80. The van der Waals surface area contributed by atoms with E-state index in [-0.39, 0.29) is 5.91 Å². The van der Waals surface area contributed by atoms with E-state index in [0.29, 0.717) is 10.9 Å². The van der Waals surface area contributed by atoms with Crippen LogP contribution in [0.15, 0.2) is 5.16 Å². The number of hydrogen-bond donors (Lipinski definition) is 2. The van der Waals surface area contributed by atoms with E-state index < -0.39 is 0 Å². The van der Waals surface area contributed by atoms with Crippen LogP contribution < -0.4 is 11.3 Å². The smallest absolute Gasteiger partial charge is 0.284 e. The number of hydrogen-bond acceptors (Lipinski definition) is 5. The maximum absolute atomic E-state index is 11.6. The van der Waals surface area contributed by atoms with Crippen LogP contribution in [0.3, 0.4) is 0 Å². The van der Waals surface area contributed by atoms with Crippen molar-refractivity contribution in [2.45, 2.75) is 30.8 Å². The number of hydrazine groups is 1. The fraction of sp³-hybridized carbons (Fsp3) is 0.500. The highest BCUT2D eigenvalue weighted by Gasteiger charge is 2.21. The van der Waals surface area contributed by atoms with Crippen LogP contribution in [-0.4, -0.2) is 22.1 Å². The van der Waals surface area contributed by atoms with Crippen LogP contribution in [0.5, 0.6) is 0 Å². The SMILES string of the molecule is CSc1nc2c(c(C(=O)NN)n1)CCCC2. The molecule has 1 aromatic rings. The molecule has 16 heavy (non-hydrogen) atoms. The molecule has 3 N–H and O–H groups in total. The number of nitrogens with two attached hydrogens (primary N) is 1. The Balaban J connectivity index is 2.51. The minimum absolute atomic E-state index is 0.323. The van der Waals surface area contributed by atoms with Gasteiger partial charge in [-0.1, -0.05) is 11.8 Å². The average Bonchev–Trinajstić information content (AvgIpc) is 2.36. The summed E-state index contributed by atoms with van der Waals surface area (Å²) in [4.78, 5) is 20.3.